The lowest BCUT2D eigenvalue weighted by Crippen LogP contribution is -2.30. The van der Waals surface area contributed by atoms with Crippen molar-refractivity contribution in [1.82, 2.24) is 4.98 Å². The van der Waals surface area contributed by atoms with Crippen LogP contribution in [0.15, 0.2) is 52.3 Å². The van der Waals surface area contributed by atoms with E-state index in [2.05, 4.69) is 4.98 Å². The highest BCUT2D eigenvalue weighted by Crippen LogP contribution is 2.25. The number of benzene rings is 1. The van der Waals surface area contributed by atoms with Gasteiger partial charge in [0.05, 0.1) is 5.01 Å². The summed E-state index contributed by atoms with van der Waals surface area (Å²) < 4.78 is 5.70. The zero-order valence-corrected chi connectivity index (χ0v) is 13.3. The first-order valence-electron chi connectivity index (χ1n) is 7.08. The van der Waals surface area contributed by atoms with E-state index in [1.807, 2.05) is 49.6 Å². The van der Waals surface area contributed by atoms with E-state index >= 15 is 0 Å². The van der Waals surface area contributed by atoms with Crippen LogP contribution in [0.4, 0.5) is 5.69 Å². The molecular weight excluding hydrogens is 296 g/mol. The van der Waals surface area contributed by atoms with Crippen molar-refractivity contribution < 1.29 is 9.21 Å². The van der Waals surface area contributed by atoms with Gasteiger partial charge in [0, 0.05) is 17.6 Å². The lowest BCUT2D eigenvalue weighted by Gasteiger charge is -2.19. The maximum atomic E-state index is 12.6. The molecule has 0 aliphatic rings. The van der Waals surface area contributed by atoms with Crippen molar-refractivity contribution in [3.05, 3.63) is 58.6 Å². The summed E-state index contributed by atoms with van der Waals surface area (Å²) in [6.45, 7) is 4.46. The lowest BCUT2D eigenvalue weighted by atomic mass is 10.2. The smallest absolute Gasteiger partial charge is 0.293 e. The normalized spacial score (nSPS) is 10.6. The van der Waals surface area contributed by atoms with Gasteiger partial charge in [0.1, 0.15) is 5.69 Å². The third-order valence-corrected chi connectivity index (χ3v) is 4.09. The number of para-hydroxylation sites is 1. The molecule has 0 atom stereocenters. The SMILES string of the molecule is CCN(C(=O)c1ccc(-c2csc(C)n2)o1)c1ccccc1. The number of rotatable bonds is 4. The number of hydrogen-bond donors (Lipinski definition) is 0. The van der Waals surface area contributed by atoms with E-state index in [1.165, 1.54) is 0 Å². The van der Waals surface area contributed by atoms with Gasteiger partial charge in [-0.15, -0.1) is 11.3 Å². The molecule has 3 aromatic rings. The molecule has 0 N–H and O–H groups in total. The summed E-state index contributed by atoms with van der Waals surface area (Å²) in [5.41, 5.74) is 1.63. The second-order valence-corrected chi connectivity index (χ2v) is 5.86. The van der Waals surface area contributed by atoms with Crippen LogP contribution in [0, 0.1) is 6.92 Å². The Kier molecular flexibility index (Phi) is 4.06. The molecule has 1 aromatic carbocycles. The van der Waals surface area contributed by atoms with Crippen LogP contribution in [0.1, 0.15) is 22.5 Å². The van der Waals surface area contributed by atoms with Crippen LogP contribution in [-0.2, 0) is 0 Å². The van der Waals surface area contributed by atoms with E-state index < -0.39 is 0 Å². The van der Waals surface area contributed by atoms with Gasteiger partial charge in [-0.3, -0.25) is 4.79 Å². The minimum atomic E-state index is -0.146. The fourth-order valence-corrected chi connectivity index (χ4v) is 2.85. The summed E-state index contributed by atoms with van der Waals surface area (Å²) in [5.74, 6) is 0.801. The van der Waals surface area contributed by atoms with Crippen LogP contribution < -0.4 is 4.90 Å². The minimum Gasteiger partial charge on any atom is -0.449 e. The summed E-state index contributed by atoms with van der Waals surface area (Å²) in [6, 6.07) is 13.1. The Morgan fingerprint density at radius 1 is 1.23 bits per heavy atom. The molecule has 0 aliphatic heterocycles. The first kappa shape index (κ1) is 14.5. The number of carbonyl (C=O) groups excluding carboxylic acids is 1. The first-order valence-corrected chi connectivity index (χ1v) is 7.96. The summed E-state index contributed by atoms with van der Waals surface area (Å²) in [7, 11) is 0. The molecule has 0 bridgehead atoms. The third-order valence-electron chi connectivity index (χ3n) is 3.32. The van der Waals surface area contributed by atoms with Crippen molar-refractivity contribution in [3.63, 3.8) is 0 Å². The topological polar surface area (TPSA) is 46.3 Å². The second-order valence-electron chi connectivity index (χ2n) is 4.80. The lowest BCUT2D eigenvalue weighted by molar-refractivity contribution is 0.0962. The standard InChI is InChI=1S/C17H16N2O2S/c1-3-19(13-7-5-4-6-8-13)17(20)16-10-9-15(21-16)14-11-22-12(2)18-14/h4-11H,3H2,1-2H3. The molecule has 112 valence electrons. The van der Waals surface area contributed by atoms with Gasteiger partial charge >= 0.3 is 0 Å². The number of furan rings is 1. The van der Waals surface area contributed by atoms with Crippen molar-refractivity contribution in [2.75, 3.05) is 11.4 Å². The summed E-state index contributed by atoms with van der Waals surface area (Å²) in [5, 5.41) is 2.90. The molecule has 0 spiro atoms. The molecule has 5 heteroatoms. The van der Waals surface area contributed by atoms with Crippen molar-refractivity contribution in [2.24, 2.45) is 0 Å². The number of thiazole rings is 1. The number of amides is 1. The summed E-state index contributed by atoms with van der Waals surface area (Å²) in [6.07, 6.45) is 0. The zero-order valence-electron chi connectivity index (χ0n) is 12.4. The van der Waals surface area contributed by atoms with E-state index in [0.29, 0.717) is 18.1 Å². The Bertz CT molecular complexity index is 777. The van der Waals surface area contributed by atoms with Crippen molar-refractivity contribution in [1.29, 1.82) is 0 Å². The van der Waals surface area contributed by atoms with Crippen molar-refractivity contribution >= 4 is 22.9 Å². The molecule has 2 aromatic heterocycles. The van der Waals surface area contributed by atoms with Crippen LogP contribution in [0.5, 0.6) is 0 Å². The van der Waals surface area contributed by atoms with Crippen LogP contribution in [0.25, 0.3) is 11.5 Å². The highest BCUT2D eigenvalue weighted by molar-refractivity contribution is 7.09. The Balaban J connectivity index is 1.87. The van der Waals surface area contributed by atoms with Crippen LogP contribution in [0.3, 0.4) is 0 Å². The minimum absolute atomic E-state index is 0.146. The van der Waals surface area contributed by atoms with E-state index in [-0.39, 0.29) is 5.91 Å². The molecule has 0 saturated carbocycles. The van der Waals surface area contributed by atoms with Gasteiger partial charge in [-0.05, 0) is 38.1 Å². The highest BCUT2D eigenvalue weighted by Gasteiger charge is 2.20. The highest BCUT2D eigenvalue weighted by atomic mass is 32.1. The monoisotopic (exact) mass is 312 g/mol. The largest absolute Gasteiger partial charge is 0.449 e. The van der Waals surface area contributed by atoms with E-state index in [1.54, 1.807) is 28.4 Å². The summed E-state index contributed by atoms with van der Waals surface area (Å²) >= 11 is 1.56. The van der Waals surface area contributed by atoms with Crippen LogP contribution in [0.2, 0.25) is 0 Å². The summed E-state index contributed by atoms with van der Waals surface area (Å²) in [4.78, 5) is 18.7. The predicted octanol–water partition coefficient (Wildman–Crippen LogP) is 4.38. The van der Waals surface area contributed by atoms with Crippen LogP contribution in [-0.4, -0.2) is 17.4 Å². The fraction of sp³-hybridized carbons (Fsp3) is 0.176. The Morgan fingerprint density at radius 2 is 2.00 bits per heavy atom. The maximum absolute atomic E-state index is 12.6. The molecule has 0 aliphatic carbocycles. The molecule has 4 nitrogen and oxygen atoms in total. The molecule has 3 rings (SSSR count). The number of hydrogen-bond acceptors (Lipinski definition) is 4. The molecule has 2 heterocycles. The molecule has 22 heavy (non-hydrogen) atoms. The van der Waals surface area contributed by atoms with Gasteiger partial charge in [0.2, 0.25) is 0 Å². The van der Waals surface area contributed by atoms with Gasteiger partial charge in [-0.1, -0.05) is 18.2 Å². The Morgan fingerprint density at radius 3 is 2.64 bits per heavy atom. The zero-order chi connectivity index (χ0) is 15.5. The number of aryl methyl sites for hydroxylation is 1. The van der Waals surface area contributed by atoms with Crippen molar-refractivity contribution in [3.8, 4) is 11.5 Å². The van der Waals surface area contributed by atoms with Gasteiger partial charge in [-0.2, -0.15) is 0 Å². The van der Waals surface area contributed by atoms with Crippen LogP contribution >= 0.6 is 11.3 Å². The van der Waals surface area contributed by atoms with Gasteiger partial charge < -0.3 is 9.32 Å². The maximum Gasteiger partial charge on any atom is 0.293 e. The van der Waals surface area contributed by atoms with Gasteiger partial charge in [-0.25, -0.2) is 4.98 Å². The third kappa shape index (κ3) is 2.80. The Hall–Kier alpha value is -2.40. The van der Waals surface area contributed by atoms with E-state index in [4.69, 9.17) is 4.42 Å². The quantitative estimate of drug-likeness (QED) is 0.718. The first-order chi connectivity index (χ1) is 10.7. The number of aromatic nitrogens is 1. The molecule has 0 radical (unpaired) electrons. The number of nitrogens with zero attached hydrogens (tertiary/aromatic N) is 2. The average Bonchev–Trinajstić information content (AvgIpc) is 3.17. The number of anilines is 1. The molecular formula is C17H16N2O2S. The molecule has 0 saturated heterocycles. The molecule has 0 fully saturated rings. The molecule has 1 amide bonds. The van der Waals surface area contributed by atoms with E-state index in [0.717, 1.165) is 16.4 Å². The van der Waals surface area contributed by atoms with Gasteiger partial charge in [0.25, 0.3) is 5.91 Å². The molecule has 0 unspecified atom stereocenters. The van der Waals surface area contributed by atoms with Gasteiger partial charge in [0.15, 0.2) is 11.5 Å². The second kappa shape index (κ2) is 6.15. The Labute approximate surface area is 133 Å². The number of carbonyl (C=O) groups is 1. The fourth-order valence-electron chi connectivity index (χ4n) is 2.25. The van der Waals surface area contributed by atoms with E-state index in [9.17, 15) is 4.79 Å². The average molecular weight is 312 g/mol. The van der Waals surface area contributed by atoms with Crippen molar-refractivity contribution in [2.45, 2.75) is 13.8 Å². The predicted molar refractivity (Wildman–Crippen MR) is 88.3 cm³/mol.